The minimum atomic E-state index is -0.0763. The second kappa shape index (κ2) is 4.96. The maximum atomic E-state index is 6.74. The van der Waals surface area contributed by atoms with E-state index in [1.807, 2.05) is 0 Å². The largest absolute Gasteiger partial charge is 0.285 e. The van der Waals surface area contributed by atoms with Gasteiger partial charge >= 0.3 is 0 Å². The van der Waals surface area contributed by atoms with Crippen LogP contribution in [0.3, 0.4) is 0 Å². The Balaban J connectivity index is 1.80. The normalized spacial score (nSPS) is 40.5. The fourth-order valence-electron chi connectivity index (χ4n) is 4.71. The van der Waals surface area contributed by atoms with Gasteiger partial charge in [0.25, 0.3) is 0 Å². The van der Waals surface area contributed by atoms with Crippen LogP contribution in [0.4, 0.5) is 0 Å². The predicted octanol–water partition coefficient (Wildman–Crippen LogP) is 3.98. The first-order valence-corrected chi connectivity index (χ1v) is 8.60. The van der Waals surface area contributed by atoms with Gasteiger partial charge in [0.2, 0.25) is 0 Å². The molecule has 0 radical (unpaired) electrons. The number of hydrogen-bond acceptors (Lipinski definition) is 3. The fraction of sp³-hybridized carbons (Fsp3) is 1.00. The Morgan fingerprint density at radius 3 is 1.95 bits per heavy atom. The Hall–Kier alpha value is -0.120. The van der Waals surface area contributed by atoms with Crippen LogP contribution in [-0.2, 0) is 4.84 Å². The van der Waals surface area contributed by atoms with Gasteiger partial charge in [0.15, 0.2) is 0 Å². The van der Waals surface area contributed by atoms with E-state index >= 15 is 0 Å². The first kappa shape index (κ1) is 14.8. The molecule has 0 unspecified atom stereocenters. The molecule has 0 amide bonds. The molecular weight excluding hydrogens is 248 g/mol. The number of rotatable bonds is 2. The monoisotopic (exact) mass is 280 g/mol. The molecule has 0 aromatic carbocycles. The van der Waals surface area contributed by atoms with Crippen LogP contribution in [0.2, 0.25) is 0 Å². The Kier molecular flexibility index (Phi) is 3.67. The van der Waals surface area contributed by atoms with Crippen LogP contribution in [0.15, 0.2) is 0 Å². The van der Waals surface area contributed by atoms with Gasteiger partial charge in [-0.05, 0) is 85.5 Å². The van der Waals surface area contributed by atoms with Crippen molar-refractivity contribution in [2.24, 2.45) is 0 Å². The molecule has 3 fully saturated rings. The number of nitrogens with one attached hydrogen (secondary N) is 1. The van der Waals surface area contributed by atoms with Crippen molar-refractivity contribution in [3.05, 3.63) is 0 Å². The van der Waals surface area contributed by atoms with Gasteiger partial charge in [-0.2, -0.15) is 5.06 Å². The van der Waals surface area contributed by atoms with Crippen molar-refractivity contribution in [1.29, 1.82) is 0 Å². The van der Waals surface area contributed by atoms with Crippen molar-refractivity contribution in [3.63, 3.8) is 0 Å². The van der Waals surface area contributed by atoms with E-state index in [9.17, 15) is 0 Å². The molecule has 0 aromatic heterocycles. The summed E-state index contributed by atoms with van der Waals surface area (Å²) in [6.45, 7) is 9.36. The lowest BCUT2D eigenvalue weighted by molar-refractivity contribution is -0.354. The van der Waals surface area contributed by atoms with E-state index in [1.54, 1.807) is 0 Å². The summed E-state index contributed by atoms with van der Waals surface area (Å²) in [6, 6.07) is 0.688. The summed E-state index contributed by atoms with van der Waals surface area (Å²) in [5.41, 5.74) is 0.207. The quantitative estimate of drug-likeness (QED) is 0.828. The first-order chi connectivity index (χ1) is 9.33. The van der Waals surface area contributed by atoms with Gasteiger partial charge in [0, 0.05) is 17.1 Å². The summed E-state index contributed by atoms with van der Waals surface area (Å²) in [6.07, 6.45) is 11.4. The molecule has 3 aliphatic heterocycles. The summed E-state index contributed by atoms with van der Waals surface area (Å²) in [7, 11) is 0. The van der Waals surface area contributed by atoms with Crippen LogP contribution >= 0.6 is 0 Å². The predicted molar refractivity (Wildman–Crippen MR) is 82.3 cm³/mol. The second-order valence-electron chi connectivity index (χ2n) is 8.48. The molecule has 3 aliphatic rings. The van der Waals surface area contributed by atoms with Crippen molar-refractivity contribution in [2.75, 3.05) is 0 Å². The molecule has 0 saturated carbocycles. The molecule has 3 heterocycles. The highest BCUT2D eigenvalue weighted by atomic mass is 16.7. The van der Waals surface area contributed by atoms with E-state index in [0.717, 1.165) is 0 Å². The molecule has 2 bridgehead atoms. The molecule has 3 nitrogen and oxygen atoms in total. The lowest BCUT2D eigenvalue weighted by Gasteiger charge is -2.57. The molecule has 0 aliphatic carbocycles. The standard InChI is InChI=1S/C17H32N2O/c1-15(2)10-7-11-16(3,4)19(15)20-17-12-5-8-14(18-17)9-6-13-17/h14,18H,5-13H2,1-4H3. The van der Waals surface area contributed by atoms with Gasteiger partial charge in [-0.25, -0.2) is 0 Å². The molecule has 3 saturated heterocycles. The summed E-state index contributed by atoms with van der Waals surface area (Å²) in [5.74, 6) is 0. The van der Waals surface area contributed by atoms with Crippen molar-refractivity contribution in [3.8, 4) is 0 Å². The zero-order valence-corrected chi connectivity index (χ0v) is 13.8. The number of hydroxylamine groups is 2. The third-order valence-corrected chi connectivity index (χ3v) is 5.68. The van der Waals surface area contributed by atoms with E-state index in [1.165, 1.54) is 57.8 Å². The Bertz CT molecular complexity index is 338. The molecular formula is C17H32N2O. The number of piperidine rings is 3. The molecule has 20 heavy (non-hydrogen) atoms. The van der Waals surface area contributed by atoms with E-state index in [4.69, 9.17) is 4.84 Å². The molecule has 1 N–H and O–H groups in total. The van der Waals surface area contributed by atoms with Crippen LogP contribution in [0.25, 0.3) is 0 Å². The maximum absolute atomic E-state index is 6.74. The number of fused-ring (bicyclic) bond motifs is 2. The van der Waals surface area contributed by atoms with Crippen LogP contribution in [0, 0.1) is 0 Å². The molecule has 0 atom stereocenters. The molecule has 0 spiro atoms. The zero-order valence-electron chi connectivity index (χ0n) is 13.8. The zero-order chi connectivity index (χ0) is 14.4. The van der Waals surface area contributed by atoms with Crippen molar-refractivity contribution in [1.82, 2.24) is 10.4 Å². The number of nitrogens with zero attached hydrogens (tertiary/aromatic N) is 1. The van der Waals surface area contributed by atoms with E-state index < -0.39 is 0 Å². The van der Waals surface area contributed by atoms with Gasteiger partial charge in [-0.1, -0.05) is 0 Å². The van der Waals surface area contributed by atoms with Crippen LogP contribution in [-0.4, -0.2) is 27.9 Å². The highest BCUT2D eigenvalue weighted by Crippen LogP contribution is 2.43. The summed E-state index contributed by atoms with van der Waals surface area (Å²) < 4.78 is 0. The number of hydrogen-bond donors (Lipinski definition) is 1. The molecule has 3 heteroatoms. The highest BCUT2D eigenvalue weighted by Gasteiger charge is 2.49. The van der Waals surface area contributed by atoms with Crippen molar-refractivity contribution >= 4 is 0 Å². The Morgan fingerprint density at radius 2 is 1.40 bits per heavy atom. The van der Waals surface area contributed by atoms with Crippen LogP contribution in [0.1, 0.15) is 85.5 Å². The van der Waals surface area contributed by atoms with Crippen LogP contribution < -0.4 is 5.32 Å². The average Bonchev–Trinajstić information content (AvgIpc) is 2.34. The van der Waals surface area contributed by atoms with Gasteiger partial charge in [-0.3, -0.25) is 10.2 Å². The minimum Gasteiger partial charge on any atom is -0.285 e. The smallest absolute Gasteiger partial charge is 0.140 e. The van der Waals surface area contributed by atoms with E-state index in [2.05, 4.69) is 38.1 Å². The van der Waals surface area contributed by atoms with E-state index in [0.29, 0.717) is 6.04 Å². The fourth-order valence-corrected chi connectivity index (χ4v) is 4.71. The maximum Gasteiger partial charge on any atom is 0.140 e. The topological polar surface area (TPSA) is 24.5 Å². The van der Waals surface area contributed by atoms with Crippen molar-refractivity contribution in [2.45, 2.75) is 108 Å². The molecule has 116 valence electrons. The van der Waals surface area contributed by atoms with Crippen molar-refractivity contribution < 1.29 is 4.84 Å². The summed E-state index contributed by atoms with van der Waals surface area (Å²) >= 11 is 0. The van der Waals surface area contributed by atoms with Gasteiger partial charge in [0.1, 0.15) is 5.72 Å². The average molecular weight is 280 g/mol. The van der Waals surface area contributed by atoms with E-state index in [-0.39, 0.29) is 16.8 Å². The van der Waals surface area contributed by atoms with Crippen LogP contribution in [0.5, 0.6) is 0 Å². The first-order valence-electron chi connectivity index (χ1n) is 8.60. The summed E-state index contributed by atoms with van der Waals surface area (Å²) in [5, 5.41) is 6.18. The van der Waals surface area contributed by atoms with Gasteiger partial charge < -0.3 is 0 Å². The third kappa shape index (κ3) is 2.65. The lowest BCUT2D eigenvalue weighted by atomic mass is 9.81. The lowest BCUT2D eigenvalue weighted by Crippen LogP contribution is -2.67. The van der Waals surface area contributed by atoms with Gasteiger partial charge in [0.05, 0.1) is 0 Å². The van der Waals surface area contributed by atoms with Gasteiger partial charge in [-0.15, -0.1) is 0 Å². The third-order valence-electron chi connectivity index (χ3n) is 5.68. The minimum absolute atomic E-state index is 0.0763. The Labute approximate surface area is 124 Å². The SMILES string of the molecule is CC1(C)CCCC(C)(C)N1OC12CCCC(CCC1)N2. The second-order valence-corrected chi connectivity index (χ2v) is 8.48. The molecule has 0 aromatic rings. The highest BCUT2D eigenvalue weighted by molar-refractivity contribution is 4.97. The molecule has 3 rings (SSSR count). The summed E-state index contributed by atoms with van der Waals surface area (Å²) in [4.78, 5) is 6.74. The Morgan fingerprint density at radius 1 is 0.850 bits per heavy atom.